The van der Waals surface area contributed by atoms with Gasteiger partial charge in [0.05, 0.1) is 0 Å². The molecule has 1 N–H and O–H groups in total. The molecule has 1 atom stereocenters. The minimum absolute atomic E-state index is 0.273. The molecule has 2 nitrogen and oxygen atoms in total. The Hall–Kier alpha value is -1.10. The van der Waals surface area contributed by atoms with E-state index in [2.05, 4.69) is 4.98 Å². The van der Waals surface area contributed by atoms with Gasteiger partial charge >= 0.3 is 6.18 Å². The molecule has 0 aliphatic rings. The molecule has 0 spiro atoms. The Bertz CT molecular complexity index is 245. The van der Waals surface area contributed by atoms with Gasteiger partial charge in [-0.15, -0.1) is 0 Å². The van der Waals surface area contributed by atoms with Crippen LogP contribution in [0.4, 0.5) is 13.2 Å². The number of aromatic nitrogens is 1. The third-order valence-electron chi connectivity index (χ3n) is 1.31. The van der Waals surface area contributed by atoms with Crippen molar-refractivity contribution in [3.05, 3.63) is 35.8 Å². The molecule has 1 aromatic rings. The highest BCUT2D eigenvalue weighted by Crippen LogP contribution is 2.33. The van der Waals surface area contributed by atoms with Crippen LogP contribution >= 0.6 is 0 Å². The molecule has 0 saturated heterocycles. The van der Waals surface area contributed by atoms with Crippen molar-refractivity contribution >= 4 is 0 Å². The van der Waals surface area contributed by atoms with Gasteiger partial charge in [0.1, 0.15) is 0 Å². The molecular formula is C7H6F3N2-. The van der Waals surface area contributed by atoms with Crippen LogP contribution < -0.4 is 0 Å². The van der Waals surface area contributed by atoms with Crippen molar-refractivity contribution in [2.24, 2.45) is 0 Å². The van der Waals surface area contributed by atoms with Crippen LogP contribution in [0.3, 0.4) is 0 Å². The third-order valence-corrected chi connectivity index (χ3v) is 1.31. The molecule has 0 radical (unpaired) electrons. The lowest BCUT2D eigenvalue weighted by molar-refractivity contribution is -0.140. The van der Waals surface area contributed by atoms with Crippen LogP contribution in [0.25, 0.3) is 5.73 Å². The summed E-state index contributed by atoms with van der Waals surface area (Å²) in [4.78, 5) is 3.44. The largest absolute Gasteiger partial charge is 0.662 e. The zero-order valence-electron chi connectivity index (χ0n) is 5.97. The molecule has 1 aromatic heterocycles. The molecule has 0 saturated carbocycles. The van der Waals surface area contributed by atoms with Crippen molar-refractivity contribution in [2.45, 2.75) is 12.2 Å². The van der Waals surface area contributed by atoms with E-state index < -0.39 is 12.2 Å². The smallest absolute Gasteiger partial charge is 0.378 e. The summed E-state index contributed by atoms with van der Waals surface area (Å²) in [6, 6.07) is 1.88. The van der Waals surface area contributed by atoms with Gasteiger partial charge in [-0.2, -0.15) is 13.2 Å². The molecule has 1 heterocycles. The first kappa shape index (κ1) is 8.99. The van der Waals surface area contributed by atoms with E-state index in [1.54, 1.807) is 0 Å². The molecule has 0 bridgehead atoms. The molecule has 12 heavy (non-hydrogen) atoms. The van der Waals surface area contributed by atoms with Gasteiger partial charge in [0, 0.05) is 17.9 Å². The van der Waals surface area contributed by atoms with Crippen LogP contribution in [0.15, 0.2) is 24.4 Å². The fourth-order valence-corrected chi connectivity index (χ4v) is 0.714. The van der Waals surface area contributed by atoms with E-state index in [0.717, 1.165) is 0 Å². The standard InChI is InChI=1S/C7H6F3N2/c8-7(9,10)6(11)5-3-1-2-4-12-5/h1-4,6,11H/q-1. The average molecular weight is 175 g/mol. The Balaban J connectivity index is 2.86. The predicted molar refractivity (Wildman–Crippen MR) is 37.4 cm³/mol. The van der Waals surface area contributed by atoms with Crippen molar-refractivity contribution in [3.8, 4) is 0 Å². The Morgan fingerprint density at radius 1 is 1.33 bits per heavy atom. The molecule has 0 amide bonds. The van der Waals surface area contributed by atoms with Crippen LogP contribution in [-0.2, 0) is 0 Å². The lowest BCUT2D eigenvalue weighted by Crippen LogP contribution is -2.17. The van der Waals surface area contributed by atoms with Gasteiger partial charge in [0.15, 0.2) is 0 Å². The first-order valence-electron chi connectivity index (χ1n) is 3.20. The van der Waals surface area contributed by atoms with Gasteiger partial charge in [-0.1, -0.05) is 6.07 Å². The first-order chi connectivity index (χ1) is 5.52. The molecular weight excluding hydrogens is 169 g/mol. The van der Waals surface area contributed by atoms with Crippen molar-refractivity contribution < 1.29 is 13.2 Å². The molecule has 0 aliphatic heterocycles. The number of rotatable bonds is 1. The van der Waals surface area contributed by atoms with Crippen molar-refractivity contribution in [1.82, 2.24) is 4.98 Å². The van der Waals surface area contributed by atoms with Gasteiger partial charge in [-0.3, -0.25) is 4.98 Å². The first-order valence-corrected chi connectivity index (χ1v) is 3.20. The van der Waals surface area contributed by atoms with Crippen LogP contribution in [0, 0.1) is 0 Å². The maximum absolute atomic E-state index is 11.9. The molecule has 66 valence electrons. The summed E-state index contributed by atoms with van der Waals surface area (Å²) < 4.78 is 35.7. The van der Waals surface area contributed by atoms with Crippen molar-refractivity contribution in [2.75, 3.05) is 0 Å². The number of hydrogen-bond acceptors (Lipinski definition) is 1. The Labute approximate surface area is 67.2 Å². The van der Waals surface area contributed by atoms with Crippen LogP contribution in [0.5, 0.6) is 0 Å². The topological polar surface area (TPSA) is 36.7 Å². The Kier molecular flexibility index (Phi) is 2.32. The molecule has 0 aromatic carbocycles. The zero-order chi connectivity index (χ0) is 9.19. The van der Waals surface area contributed by atoms with Crippen LogP contribution in [-0.4, -0.2) is 11.2 Å². The maximum atomic E-state index is 11.9. The minimum atomic E-state index is -4.53. The van der Waals surface area contributed by atoms with E-state index in [1.165, 1.54) is 24.4 Å². The molecule has 5 heteroatoms. The van der Waals surface area contributed by atoms with E-state index in [1.807, 2.05) is 0 Å². The third kappa shape index (κ3) is 1.94. The highest BCUT2D eigenvalue weighted by Gasteiger charge is 2.32. The number of alkyl halides is 3. The highest BCUT2D eigenvalue weighted by molar-refractivity contribution is 5.13. The molecule has 0 fully saturated rings. The second kappa shape index (κ2) is 3.10. The Morgan fingerprint density at radius 2 is 2.00 bits per heavy atom. The van der Waals surface area contributed by atoms with Gasteiger partial charge < -0.3 is 5.73 Å². The van der Waals surface area contributed by atoms with Crippen molar-refractivity contribution in [3.63, 3.8) is 0 Å². The highest BCUT2D eigenvalue weighted by atomic mass is 19.4. The summed E-state index contributed by atoms with van der Waals surface area (Å²) in [7, 11) is 0. The second-order valence-electron chi connectivity index (χ2n) is 2.23. The average Bonchev–Trinajstić information content (AvgIpc) is 2.03. The Morgan fingerprint density at radius 3 is 2.42 bits per heavy atom. The van der Waals surface area contributed by atoms with E-state index in [0.29, 0.717) is 0 Å². The summed E-state index contributed by atoms with van der Waals surface area (Å²) in [5.74, 6) is 0. The van der Waals surface area contributed by atoms with Gasteiger partial charge in [-0.05, 0) is 12.1 Å². The lowest BCUT2D eigenvalue weighted by atomic mass is 10.2. The van der Waals surface area contributed by atoms with E-state index in [-0.39, 0.29) is 5.69 Å². The number of nitrogens with one attached hydrogen (secondary N) is 1. The van der Waals surface area contributed by atoms with Crippen LogP contribution in [0.1, 0.15) is 11.7 Å². The molecule has 0 aliphatic carbocycles. The van der Waals surface area contributed by atoms with E-state index in [4.69, 9.17) is 5.73 Å². The summed E-state index contributed by atoms with van der Waals surface area (Å²) in [6.45, 7) is 0. The van der Waals surface area contributed by atoms with E-state index >= 15 is 0 Å². The fraction of sp³-hybridized carbons (Fsp3) is 0.286. The number of hydrogen-bond donors (Lipinski definition) is 0. The van der Waals surface area contributed by atoms with E-state index in [9.17, 15) is 13.2 Å². The lowest BCUT2D eigenvalue weighted by Gasteiger charge is -2.22. The summed E-state index contributed by atoms with van der Waals surface area (Å²) in [5.41, 5.74) is 6.50. The minimum Gasteiger partial charge on any atom is -0.662 e. The monoisotopic (exact) mass is 175 g/mol. The predicted octanol–water partition coefficient (Wildman–Crippen LogP) is 2.74. The number of halogens is 3. The van der Waals surface area contributed by atoms with Crippen molar-refractivity contribution in [1.29, 1.82) is 0 Å². The zero-order valence-corrected chi connectivity index (χ0v) is 5.97. The fourth-order valence-electron chi connectivity index (χ4n) is 0.714. The normalized spacial score (nSPS) is 14.3. The second-order valence-corrected chi connectivity index (χ2v) is 2.23. The SMILES string of the molecule is [NH-]C(c1ccccn1)C(F)(F)F. The number of pyridine rings is 1. The van der Waals surface area contributed by atoms with Gasteiger partial charge in [-0.25, -0.2) is 0 Å². The van der Waals surface area contributed by atoms with Crippen LogP contribution in [0.2, 0.25) is 0 Å². The van der Waals surface area contributed by atoms with Gasteiger partial charge in [0.25, 0.3) is 0 Å². The summed E-state index contributed by atoms with van der Waals surface area (Å²) >= 11 is 0. The van der Waals surface area contributed by atoms with Gasteiger partial charge in [0.2, 0.25) is 0 Å². The number of nitrogens with zero attached hydrogens (tertiary/aromatic N) is 1. The summed E-state index contributed by atoms with van der Waals surface area (Å²) in [6.07, 6.45) is -3.29. The maximum Gasteiger partial charge on any atom is 0.378 e. The summed E-state index contributed by atoms with van der Waals surface area (Å²) in [5, 5.41) is 0. The quantitative estimate of drug-likeness (QED) is 0.646. The molecule has 1 rings (SSSR count). The molecule has 1 unspecified atom stereocenters.